The fourth-order valence-electron chi connectivity index (χ4n) is 3.23. The first-order chi connectivity index (χ1) is 15.6. The van der Waals surface area contributed by atoms with E-state index in [1.807, 2.05) is 60.7 Å². The predicted molar refractivity (Wildman–Crippen MR) is 121 cm³/mol. The van der Waals surface area contributed by atoms with E-state index in [0.29, 0.717) is 34.9 Å². The Morgan fingerprint density at radius 3 is 2.59 bits per heavy atom. The fraction of sp³-hybridized carbons (Fsp3) is 0.120. The number of aryl methyl sites for hydroxylation is 1. The molecule has 160 valence electrons. The number of ether oxygens (including phenoxy) is 1. The van der Waals surface area contributed by atoms with Crippen LogP contribution in [-0.4, -0.2) is 20.9 Å². The highest BCUT2D eigenvalue weighted by atomic mass is 16.5. The summed E-state index contributed by atoms with van der Waals surface area (Å²) in [5, 5.41) is 2.85. The summed E-state index contributed by atoms with van der Waals surface area (Å²) >= 11 is 0. The van der Waals surface area contributed by atoms with Crippen molar-refractivity contribution in [2.75, 3.05) is 0 Å². The van der Waals surface area contributed by atoms with Crippen LogP contribution in [0, 0.1) is 6.92 Å². The summed E-state index contributed by atoms with van der Waals surface area (Å²) in [5.74, 6) is 1.60. The first-order valence-corrected chi connectivity index (χ1v) is 10.2. The lowest BCUT2D eigenvalue weighted by molar-refractivity contribution is -0.120. The van der Waals surface area contributed by atoms with Crippen molar-refractivity contribution in [2.24, 2.45) is 0 Å². The molecule has 0 atom stereocenters. The quantitative estimate of drug-likeness (QED) is 0.469. The number of aromatic amines is 1. The first-order valence-electron chi connectivity index (χ1n) is 10.2. The second-order valence-electron chi connectivity index (χ2n) is 7.24. The molecule has 2 aromatic carbocycles. The molecule has 0 radical (unpaired) electrons. The number of aromatic nitrogens is 3. The summed E-state index contributed by atoms with van der Waals surface area (Å²) < 4.78 is 5.83. The smallest absolute Gasteiger partial charge is 0.255 e. The van der Waals surface area contributed by atoms with E-state index in [1.165, 1.54) is 0 Å². The van der Waals surface area contributed by atoms with Gasteiger partial charge in [0.25, 0.3) is 5.56 Å². The van der Waals surface area contributed by atoms with E-state index >= 15 is 0 Å². The number of pyridine rings is 1. The van der Waals surface area contributed by atoms with Crippen molar-refractivity contribution in [3.05, 3.63) is 106 Å². The van der Waals surface area contributed by atoms with Crippen molar-refractivity contribution in [1.82, 2.24) is 20.3 Å². The van der Waals surface area contributed by atoms with Crippen molar-refractivity contribution < 1.29 is 9.53 Å². The molecule has 7 heteroatoms. The third kappa shape index (κ3) is 5.26. The Morgan fingerprint density at radius 2 is 1.84 bits per heavy atom. The molecule has 0 spiro atoms. The highest BCUT2D eigenvalue weighted by molar-refractivity contribution is 5.78. The lowest BCUT2D eigenvalue weighted by Gasteiger charge is -2.10. The van der Waals surface area contributed by atoms with E-state index in [1.54, 1.807) is 25.4 Å². The second-order valence-corrected chi connectivity index (χ2v) is 7.24. The Morgan fingerprint density at radius 1 is 1.03 bits per heavy atom. The van der Waals surface area contributed by atoms with Crippen LogP contribution in [0.15, 0.2) is 83.9 Å². The largest absolute Gasteiger partial charge is 0.457 e. The Kier molecular flexibility index (Phi) is 6.36. The molecule has 0 saturated carbocycles. The number of hydrogen-bond donors (Lipinski definition) is 2. The minimum Gasteiger partial charge on any atom is -0.457 e. The standard InChI is InChI=1S/C25H22N4O3/c1-17-22(25(31)29-24(28-17)19-8-6-12-26-16-19)14-23(30)27-15-18-7-5-11-21(13-18)32-20-9-3-2-4-10-20/h2-13,16H,14-15H2,1H3,(H,27,30)(H,28,29,31). The maximum absolute atomic E-state index is 12.5. The van der Waals surface area contributed by atoms with Crippen LogP contribution in [0.4, 0.5) is 0 Å². The highest BCUT2D eigenvalue weighted by Crippen LogP contribution is 2.21. The molecule has 4 aromatic rings. The average molecular weight is 426 g/mol. The monoisotopic (exact) mass is 426 g/mol. The van der Waals surface area contributed by atoms with Gasteiger partial charge < -0.3 is 15.0 Å². The van der Waals surface area contributed by atoms with Gasteiger partial charge in [-0.1, -0.05) is 30.3 Å². The molecule has 4 rings (SSSR count). The lowest BCUT2D eigenvalue weighted by atomic mass is 10.1. The number of carbonyl (C=O) groups is 1. The van der Waals surface area contributed by atoms with Gasteiger partial charge in [0, 0.05) is 35.8 Å². The number of amides is 1. The number of carbonyl (C=O) groups excluding carboxylic acids is 1. The van der Waals surface area contributed by atoms with Gasteiger partial charge in [0.05, 0.1) is 6.42 Å². The number of nitrogens with zero attached hydrogens (tertiary/aromatic N) is 2. The van der Waals surface area contributed by atoms with Gasteiger partial charge in [-0.15, -0.1) is 0 Å². The molecule has 0 aliphatic rings. The zero-order chi connectivity index (χ0) is 22.3. The van der Waals surface area contributed by atoms with Crippen molar-refractivity contribution in [2.45, 2.75) is 19.9 Å². The molecule has 0 fully saturated rings. The maximum atomic E-state index is 12.5. The molecule has 2 N–H and O–H groups in total. The minimum absolute atomic E-state index is 0.0539. The van der Waals surface area contributed by atoms with Gasteiger partial charge in [0.1, 0.15) is 17.3 Å². The summed E-state index contributed by atoms with van der Waals surface area (Å²) in [6.07, 6.45) is 3.22. The van der Waals surface area contributed by atoms with Crippen molar-refractivity contribution in [1.29, 1.82) is 0 Å². The third-order valence-electron chi connectivity index (χ3n) is 4.86. The van der Waals surface area contributed by atoms with Crippen LogP contribution < -0.4 is 15.6 Å². The summed E-state index contributed by atoms with van der Waals surface area (Å²) in [4.78, 5) is 36.3. The SMILES string of the molecule is Cc1nc(-c2cccnc2)[nH]c(=O)c1CC(=O)NCc1cccc(Oc2ccccc2)c1. The molecular weight excluding hydrogens is 404 g/mol. The molecule has 0 aliphatic carbocycles. The van der Waals surface area contributed by atoms with Gasteiger partial charge in [-0.3, -0.25) is 14.6 Å². The Hall–Kier alpha value is -4.26. The van der Waals surface area contributed by atoms with E-state index in [0.717, 1.165) is 11.3 Å². The Labute approximate surface area is 185 Å². The van der Waals surface area contributed by atoms with Gasteiger partial charge >= 0.3 is 0 Å². The summed E-state index contributed by atoms with van der Waals surface area (Å²) in [7, 11) is 0. The lowest BCUT2D eigenvalue weighted by Crippen LogP contribution is -2.28. The number of H-pyrrole nitrogens is 1. The molecule has 0 saturated heterocycles. The first kappa shape index (κ1) is 21.0. The maximum Gasteiger partial charge on any atom is 0.255 e. The second kappa shape index (κ2) is 9.70. The van der Waals surface area contributed by atoms with Gasteiger partial charge in [0.2, 0.25) is 5.91 Å². The number of benzene rings is 2. The number of nitrogens with one attached hydrogen (secondary N) is 2. The zero-order valence-electron chi connectivity index (χ0n) is 17.5. The molecule has 32 heavy (non-hydrogen) atoms. The average Bonchev–Trinajstić information content (AvgIpc) is 2.81. The van der Waals surface area contributed by atoms with Crippen molar-refractivity contribution in [3.63, 3.8) is 0 Å². The van der Waals surface area contributed by atoms with Crippen LogP contribution in [0.5, 0.6) is 11.5 Å². The van der Waals surface area contributed by atoms with E-state index in [2.05, 4.69) is 20.3 Å². The van der Waals surface area contributed by atoms with Crippen molar-refractivity contribution in [3.8, 4) is 22.9 Å². The topological polar surface area (TPSA) is 97.0 Å². The van der Waals surface area contributed by atoms with E-state index < -0.39 is 0 Å². The fourth-order valence-corrected chi connectivity index (χ4v) is 3.23. The van der Waals surface area contributed by atoms with Gasteiger partial charge in [-0.05, 0) is 48.9 Å². The minimum atomic E-state index is -0.329. The zero-order valence-corrected chi connectivity index (χ0v) is 17.5. The van der Waals surface area contributed by atoms with Crippen LogP contribution in [0.1, 0.15) is 16.8 Å². The third-order valence-corrected chi connectivity index (χ3v) is 4.86. The van der Waals surface area contributed by atoms with Crippen LogP contribution in [0.25, 0.3) is 11.4 Å². The normalized spacial score (nSPS) is 10.5. The van der Waals surface area contributed by atoms with Gasteiger partial charge in [-0.2, -0.15) is 0 Å². The summed E-state index contributed by atoms with van der Waals surface area (Å²) in [6.45, 7) is 2.05. The molecule has 7 nitrogen and oxygen atoms in total. The number of hydrogen-bond acceptors (Lipinski definition) is 5. The Balaban J connectivity index is 1.39. The number of rotatable bonds is 7. The number of para-hydroxylation sites is 1. The molecule has 1 amide bonds. The highest BCUT2D eigenvalue weighted by Gasteiger charge is 2.13. The molecule has 0 aliphatic heterocycles. The van der Waals surface area contributed by atoms with E-state index in [9.17, 15) is 9.59 Å². The van der Waals surface area contributed by atoms with Gasteiger partial charge in [0.15, 0.2) is 0 Å². The molecule has 0 unspecified atom stereocenters. The van der Waals surface area contributed by atoms with Crippen LogP contribution >= 0.6 is 0 Å². The Bertz CT molecular complexity index is 1270. The molecular formula is C25H22N4O3. The summed E-state index contributed by atoms with van der Waals surface area (Å²) in [5.41, 5.74) is 2.13. The van der Waals surface area contributed by atoms with Crippen LogP contribution in [0.2, 0.25) is 0 Å². The van der Waals surface area contributed by atoms with Crippen molar-refractivity contribution >= 4 is 5.91 Å². The van der Waals surface area contributed by atoms with Crippen LogP contribution in [-0.2, 0) is 17.8 Å². The van der Waals surface area contributed by atoms with Crippen LogP contribution in [0.3, 0.4) is 0 Å². The molecule has 2 aromatic heterocycles. The molecule has 2 heterocycles. The molecule has 0 bridgehead atoms. The summed E-state index contributed by atoms with van der Waals surface area (Å²) in [6, 6.07) is 20.6. The van der Waals surface area contributed by atoms with E-state index in [4.69, 9.17) is 4.74 Å². The van der Waals surface area contributed by atoms with Gasteiger partial charge in [-0.25, -0.2) is 4.98 Å². The predicted octanol–water partition coefficient (Wildman–Crippen LogP) is 3.79. The van der Waals surface area contributed by atoms with E-state index in [-0.39, 0.29) is 17.9 Å².